The van der Waals surface area contributed by atoms with Crippen LogP contribution in [0.25, 0.3) is 0 Å². The van der Waals surface area contributed by atoms with E-state index in [0.717, 1.165) is 11.7 Å². The van der Waals surface area contributed by atoms with Gasteiger partial charge in [0.05, 0.1) is 0 Å². The van der Waals surface area contributed by atoms with Crippen molar-refractivity contribution in [3.63, 3.8) is 0 Å². The maximum absolute atomic E-state index is 4.13. The van der Waals surface area contributed by atoms with Gasteiger partial charge in [-0.25, -0.2) is 0 Å². The third-order valence-electron chi connectivity index (χ3n) is 2.42. The Morgan fingerprint density at radius 1 is 1.44 bits per heavy atom. The van der Waals surface area contributed by atoms with Crippen molar-refractivity contribution in [3.8, 4) is 0 Å². The summed E-state index contributed by atoms with van der Waals surface area (Å²) in [6.07, 6.45) is 3.67. The highest BCUT2D eigenvalue weighted by Gasteiger charge is 2.20. The van der Waals surface area contributed by atoms with Crippen molar-refractivity contribution in [2.45, 2.75) is 19.3 Å². The number of anilines is 1. The SMILES string of the molecule is CC(C)(CNc1nnns1)c1cccnc1. The summed E-state index contributed by atoms with van der Waals surface area (Å²) >= 11 is 1.26. The summed E-state index contributed by atoms with van der Waals surface area (Å²) < 4.78 is 3.70. The molecule has 0 bridgehead atoms. The smallest absolute Gasteiger partial charge is 0.225 e. The first kappa shape index (κ1) is 10.9. The molecule has 0 fully saturated rings. The van der Waals surface area contributed by atoms with Crippen LogP contribution in [-0.2, 0) is 5.41 Å². The molecule has 84 valence electrons. The Morgan fingerprint density at radius 2 is 2.31 bits per heavy atom. The third-order valence-corrected chi connectivity index (χ3v) is 2.98. The lowest BCUT2D eigenvalue weighted by Crippen LogP contribution is -2.27. The quantitative estimate of drug-likeness (QED) is 0.874. The lowest BCUT2D eigenvalue weighted by atomic mass is 9.86. The van der Waals surface area contributed by atoms with E-state index in [4.69, 9.17) is 0 Å². The van der Waals surface area contributed by atoms with E-state index in [-0.39, 0.29) is 5.41 Å². The molecule has 0 unspecified atom stereocenters. The molecule has 2 heterocycles. The Hall–Kier alpha value is -1.56. The lowest BCUT2D eigenvalue weighted by molar-refractivity contribution is 0.554. The minimum absolute atomic E-state index is 0.0000694. The largest absolute Gasteiger partial charge is 0.358 e. The zero-order valence-corrected chi connectivity index (χ0v) is 10.0. The van der Waals surface area contributed by atoms with Crippen LogP contribution in [-0.4, -0.2) is 26.3 Å². The maximum atomic E-state index is 4.13. The van der Waals surface area contributed by atoms with Crippen molar-refractivity contribution in [2.75, 3.05) is 11.9 Å². The Kier molecular flexibility index (Phi) is 3.09. The van der Waals surface area contributed by atoms with Gasteiger partial charge in [-0.15, -0.1) is 0 Å². The van der Waals surface area contributed by atoms with E-state index >= 15 is 0 Å². The summed E-state index contributed by atoms with van der Waals surface area (Å²) in [5, 5.41) is 11.3. The zero-order valence-electron chi connectivity index (χ0n) is 9.21. The molecule has 0 aliphatic carbocycles. The van der Waals surface area contributed by atoms with E-state index in [0.29, 0.717) is 0 Å². The van der Waals surface area contributed by atoms with Crippen LogP contribution in [0.5, 0.6) is 0 Å². The molecule has 0 aromatic carbocycles. The topological polar surface area (TPSA) is 63.6 Å². The molecule has 0 aliphatic heterocycles. The molecule has 2 rings (SSSR count). The van der Waals surface area contributed by atoms with Gasteiger partial charge in [0.1, 0.15) is 0 Å². The van der Waals surface area contributed by atoms with E-state index in [1.807, 2.05) is 12.3 Å². The van der Waals surface area contributed by atoms with Gasteiger partial charge in [0.25, 0.3) is 0 Å². The molecule has 0 spiro atoms. The van der Waals surface area contributed by atoms with Gasteiger partial charge < -0.3 is 5.32 Å². The van der Waals surface area contributed by atoms with Crippen molar-refractivity contribution < 1.29 is 0 Å². The second kappa shape index (κ2) is 4.52. The van der Waals surface area contributed by atoms with Crippen LogP contribution in [0, 0.1) is 0 Å². The van der Waals surface area contributed by atoms with E-state index in [1.54, 1.807) is 6.20 Å². The molecule has 0 amide bonds. The summed E-state index contributed by atoms with van der Waals surface area (Å²) in [5.74, 6) is 0. The molecule has 0 radical (unpaired) electrons. The van der Waals surface area contributed by atoms with Crippen molar-refractivity contribution in [1.82, 2.24) is 19.8 Å². The molecule has 6 heteroatoms. The second-order valence-electron chi connectivity index (χ2n) is 4.15. The first-order valence-electron chi connectivity index (χ1n) is 4.98. The van der Waals surface area contributed by atoms with Crippen molar-refractivity contribution in [2.24, 2.45) is 0 Å². The molecular weight excluding hydrogens is 222 g/mol. The van der Waals surface area contributed by atoms with Crippen LogP contribution in [0.2, 0.25) is 0 Å². The summed E-state index contributed by atoms with van der Waals surface area (Å²) in [7, 11) is 0. The fourth-order valence-electron chi connectivity index (χ4n) is 1.36. The number of nitrogens with one attached hydrogen (secondary N) is 1. The maximum Gasteiger partial charge on any atom is 0.225 e. The molecule has 1 N–H and O–H groups in total. The molecule has 16 heavy (non-hydrogen) atoms. The molecule has 0 atom stereocenters. The molecule has 2 aromatic heterocycles. The van der Waals surface area contributed by atoms with Gasteiger partial charge in [0.15, 0.2) is 0 Å². The molecule has 5 nitrogen and oxygen atoms in total. The highest BCUT2D eigenvalue weighted by atomic mass is 32.1. The number of hydrogen-bond donors (Lipinski definition) is 1. The number of rotatable bonds is 4. The summed E-state index contributed by atoms with van der Waals surface area (Å²) in [4.78, 5) is 4.13. The van der Waals surface area contributed by atoms with Crippen LogP contribution in [0.4, 0.5) is 5.13 Å². The average Bonchev–Trinajstić information content (AvgIpc) is 2.81. The van der Waals surface area contributed by atoms with E-state index < -0.39 is 0 Å². The van der Waals surface area contributed by atoms with Gasteiger partial charge in [-0.3, -0.25) is 4.98 Å². The van der Waals surface area contributed by atoms with Crippen LogP contribution in [0.3, 0.4) is 0 Å². The first-order chi connectivity index (χ1) is 7.68. The number of pyridine rings is 1. The highest BCUT2D eigenvalue weighted by Crippen LogP contribution is 2.22. The molecule has 0 saturated heterocycles. The fraction of sp³-hybridized carbons (Fsp3) is 0.400. The summed E-state index contributed by atoms with van der Waals surface area (Å²) in [6, 6.07) is 4.02. The van der Waals surface area contributed by atoms with Gasteiger partial charge in [0.2, 0.25) is 5.13 Å². The van der Waals surface area contributed by atoms with E-state index in [1.165, 1.54) is 17.1 Å². The molecule has 0 saturated carbocycles. The number of aromatic nitrogens is 4. The molecule has 2 aromatic rings. The first-order valence-corrected chi connectivity index (χ1v) is 5.75. The van der Waals surface area contributed by atoms with Gasteiger partial charge >= 0.3 is 0 Å². The van der Waals surface area contributed by atoms with Crippen LogP contribution < -0.4 is 5.32 Å². The predicted octanol–water partition coefficient (Wildman–Crippen LogP) is 1.72. The standard InChI is InChI=1S/C10H13N5S/c1-10(2,8-4-3-5-11-6-8)7-12-9-13-14-15-16-9/h3-6H,7H2,1-2H3,(H,12,13,15). The van der Waals surface area contributed by atoms with Crippen molar-refractivity contribution >= 4 is 16.7 Å². The number of hydrogen-bond acceptors (Lipinski definition) is 6. The number of nitrogens with zero attached hydrogens (tertiary/aromatic N) is 4. The molecule has 0 aliphatic rings. The van der Waals surface area contributed by atoms with Gasteiger partial charge in [0, 0.05) is 35.9 Å². The normalized spacial score (nSPS) is 11.4. The Bertz CT molecular complexity index is 426. The van der Waals surface area contributed by atoms with Gasteiger partial charge in [-0.05, 0) is 16.8 Å². The monoisotopic (exact) mass is 235 g/mol. The van der Waals surface area contributed by atoms with E-state index in [2.05, 4.69) is 45.0 Å². The van der Waals surface area contributed by atoms with Crippen molar-refractivity contribution in [1.29, 1.82) is 0 Å². The summed E-state index contributed by atoms with van der Waals surface area (Å²) in [6.45, 7) is 5.09. The van der Waals surface area contributed by atoms with Crippen molar-refractivity contribution in [3.05, 3.63) is 30.1 Å². The summed E-state index contributed by atoms with van der Waals surface area (Å²) in [5.41, 5.74) is 1.19. The average molecular weight is 235 g/mol. The Balaban J connectivity index is 2.03. The third kappa shape index (κ3) is 2.52. The van der Waals surface area contributed by atoms with Gasteiger partial charge in [-0.2, -0.15) is 0 Å². The minimum atomic E-state index is -0.0000694. The Labute approximate surface area is 98.1 Å². The second-order valence-corrected chi connectivity index (χ2v) is 4.88. The highest BCUT2D eigenvalue weighted by molar-refractivity contribution is 7.09. The lowest BCUT2D eigenvalue weighted by Gasteiger charge is -2.24. The predicted molar refractivity (Wildman–Crippen MR) is 63.5 cm³/mol. The Morgan fingerprint density at radius 3 is 2.94 bits per heavy atom. The van der Waals surface area contributed by atoms with E-state index in [9.17, 15) is 0 Å². The van der Waals surface area contributed by atoms with Gasteiger partial charge in [-0.1, -0.05) is 29.5 Å². The van der Waals surface area contributed by atoms with Crippen LogP contribution >= 0.6 is 11.5 Å². The van der Waals surface area contributed by atoms with Crippen LogP contribution in [0.1, 0.15) is 19.4 Å². The zero-order chi connectivity index (χ0) is 11.4. The molecular formula is C10H13N5S. The van der Waals surface area contributed by atoms with Crippen LogP contribution in [0.15, 0.2) is 24.5 Å². The fourth-order valence-corrected chi connectivity index (χ4v) is 1.72. The minimum Gasteiger partial charge on any atom is -0.358 e.